The molecule has 1 heteroatoms. The fourth-order valence-corrected chi connectivity index (χ4v) is 7.97. The Hall–Kier alpha value is -7.22. The minimum atomic E-state index is 1.14. The summed E-state index contributed by atoms with van der Waals surface area (Å²) in [6, 6.07) is 81.4. The molecule has 10 aromatic rings. The topological polar surface area (TPSA) is 4.93 Å². The summed E-state index contributed by atoms with van der Waals surface area (Å²) in [5.74, 6) is 0. The zero-order valence-electron chi connectivity index (χ0n) is 30.3. The Morgan fingerprint density at radius 3 is 0.818 bits per heavy atom. The highest BCUT2D eigenvalue weighted by atomic mass is 15.0. The molecular formula is C54H37N. The first-order valence-corrected chi connectivity index (χ1v) is 18.9. The van der Waals surface area contributed by atoms with Crippen molar-refractivity contribution in [2.75, 3.05) is 0 Å². The maximum Gasteiger partial charge on any atom is 0.0541 e. The lowest BCUT2D eigenvalue weighted by molar-refractivity contribution is 1.18. The van der Waals surface area contributed by atoms with Gasteiger partial charge in [0, 0.05) is 16.5 Å². The Bertz CT molecular complexity index is 2710. The largest absolute Gasteiger partial charge is 0.309 e. The van der Waals surface area contributed by atoms with Crippen LogP contribution in [0, 0.1) is 0 Å². The number of nitrogens with zero attached hydrogens (tertiary/aromatic N) is 1. The number of benzene rings is 9. The molecule has 1 aromatic heterocycles. The molecule has 0 unspecified atom stereocenters. The summed E-state index contributed by atoms with van der Waals surface area (Å²) in [5, 5.41) is 2.46. The third kappa shape index (κ3) is 6.22. The molecule has 0 atom stereocenters. The number of hydrogen-bond acceptors (Lipinski definition) is 0. The van der Waals surface area contributed by atoms with Crippen molar-refractivity contribution in [1.29, 1.82) is 0 Å². The molecular weight excluding hydrogens is 663 g/mol. The smallest absolute Gasteiger partial charge is 0.0541 e. The molecule has 0 radical (unpaired) electrons. The van der Waals surface area contributed by atoms with E-state index in [0.29, 0.717) is 0 Å². The molecule has 1 nitrogen and oxygen atoms in total. The third-order valence-corrected chi connectivity index (χ3v) is 10.8. The summed E-state index contributed by atoms with van der Waals surface area (Å²) in [6.07, 6.45) is 0. The summed E-state index contributed by atoms with van der Waals surface area (Å²) < 4.78 is 2.45. The van der Waals surface area contributed by atoms with Crippen LogP contribution in [0.15, 0.2) is 224 Å². The van der Waals surface area contributed by atoms with Crippen molar-refractivity contribution in [3.63, 3.8) is 0 Å². The van der Waals surface area contributed by atoms with Gasteiger partial charge in [0.1, 0.15) is 0 Å². The van der Waals surface area contributed by atoms with Crippen molar-refractivity contribution in [2.24, 2.45) is 0 Å². The van der Waals surface area contributed by atoms with Gasteiger partial charge in [0.05, 0.1) is 11.0 Å². The van der Waals surface area contributed by atoms with Crippen LogP contribution in [0.1, 0.15) is 0 Å². The van der Waals surface area contributed by atoms with Crippen LogP contribution in [0.2, 0.25) is 0 Å². The van der Waals surface area contributed by atoms with Gasteiger partial charge in [-0.3, -0.25) is 0 Å². The fourth-order valence-electron chi connectivity index (χ4n) is 7.97. The van der Waals surface area contributed by atoms with Gasteiger partial charge in [-0.2, -0.15) is 0 Å². The molecule has 0 spiro atoms. The molecule has 0 aliphatic heterocycles. The van der Waals surface area contributed by atoms with E-state index in [1.54, 1.807) is 0 Å². The van der Waals surface area contributed by atoms with Crippen LogP contribution in [-0.2, 0) is 0 Å². The van der Waals surface area contributed by atoms with E-state index < -0.39 is 0 Å². The molecule has 258 valence electrons. The Labute approximate surface area is 322 Å². The van der Waals surface area contributed by atoms with Crippen LogP contribution in [0.25, 0.3) is 94.3 Å². The van der Waals surface area contributed by atoms with Crippen molar-refractivity contribution in [3.8, 4) is 72.4 Å². The lowest BCUT2D eigenvalue weighted by Gasteiger charge is -2.14. The molecule has 1 heterocycles. The maximum absolute atomic E-state index is 2.45. The monoisotopic (exact) mass is 699 g/mol. The van der Waals surface area contributed by atoms with E-state index in [0.717, 1.165) is 5.69 Å². The van der Waals surface area contributed by atoms with Gasteiger partial charge in [-0.25, -0.2) is 0 Å². The molecule has 0 fully saturated rings. The summed E-state index contributed by atoms with van der Waals surface area (Å²) in [7, 11) is 0. The van der Waals surface area contributed by atoms with E-state index in [9.17, 15) is 0 Å². The number of fused-ring (bicyclic) bond motifs is 3. The van der Waals surface area contributed by atoms with Gasteiger partial charge in [0.15, 0.2) is 0 Å². The molecule has 9 aromatic carbocycles. The first-order chi connectivity index (χ1) is 27.2. The highest BCUT2D eigenvalue weighted by Gasteiger charge is 2.17. The molecule has 0 aliphatic carbocycles. The van der Waals surface area contributed by atoms with Gasteiger partial charge >= 0.3 is 0 Å². The van der Waals surface area contributed by atoms with Gasteiger partial charge in [-0.15, -0.1) is 0 Å². The quantitative estimate of drug-likeness (QED) is 0.156. The highest BCUT2D eigenvalue weighted by Crippen LogP contribution is 2.40. The summed E-state index contributed by atoms with van der Waals surface area (Å²) in [4.78, 5) is 0. The average molecular weight is 700 g/mol. The zero-order valence-corrected chi connectivity index (χ0v) is 30.3. The predicted octanol–water partition coefficient (Wildman–Crippen LogP) is 14.8. The van der Waals surface area contributed by atoms with Crippen molar-refractivity contribution < 1.29 is 0 Å². The molecule has 55 heavy (non-hydrogen) atoms. The molecule has 10 rings (SSSR count). The molecule has 0 saturated carbocycles. The van der Waals surface area contributed by atoms with E-state index >= 15 is 0 Å². The van der Waals surface area contributed by atoms with Gasteiger partial charge in [0.25, 0.3) is 0 Å². The molecule has 0 amide bonds. The van der Waals surface area contributed by atoms with Gasteiger partial charge < -0.3 is 4.57 Å². The van der Waals surface area contributed by atoms with Crippen molar-refractivity contribution in [1.82, 2.24) is 4.57 Å². The second kappa shape index (κ2) is 14.0. The normalized spacial score (nSPS) is 11.3. The van der Waals surface area contributed by atoms with Crippen LogP contribution < -0.4 is 0 Å². The zero-order chi connectivity index (χ0) is 36.6. The standard InChI is InChI=1S/C54H37N/c1-5-13-38(14-6-1)42-21-25-44(26-22-42)46-29-31-53-51(36-46)52-37-47(45-27-23-43(24-28-45)39-15-7-2-8-16-39)30-32-54(52)55(53)50-34-48(40-17-9-3-10-18-40)33-49(35-50)41-19-11-4-12-20-41/h1-37H. The summed E-state index contributed by atoms with van der Waals surface area (Å²) in [6.45, 7) is 0. The maximum atomic E-state index is 2.45. The Morgan fingerprint density at radius 2 is 0.473 bits per heavy atom. The SMILES string of the molecule is c1ccc(-c2ccc(-c3ccc4c(c3)c3cc(-c5ccc(-c6ccccc6)cc5)ccc3n4-c3cc(-c4ccccc4)cc(-c4ccccc4)c3)cc2)cc1. The number of rotatable bonds is 7. The van der Waals surface area contributed by atoms with Crippen LogP contribution in [-0.4, -0.2) is 4.57 Å². The lowest BCUT2D eigenvalue weighted by atomic mass is 9.97. The Kier molecular flexibility index (Phi) is 8.24. The van der Waals surface area contributed by atoms with Crippen LogP contribution in [0.5, 0.6) is 0 Å². The second-order valence-corrected chi connectivity index (χ2v) is 14.2. The Morgan fingerprint density at radius 1 is 0.200 bits per heavy atom. The van der Waals surface area contributed by atoms with Crippen molar-refractivity contribution in [2.45, 2.75) is 0 Å². The van der Waals surface area contributed by atoms with Gasteiger partial charge in [0.2, 0.25) is 0 Å². The minimum absolute atomic E-state index is 1.14. The molecule has 0 aliphatic rings. The molecule has 0 bridgehead atoms. The number of aromatic nitrogens is 1. The van der Waals surface area contributed by atoms with Crippen LogP contribution in [0.3, 0.4) is 0 Å². The van der Waals surface area contributed by atoms with Gasteiger partial charge in [-0.1, -0.05) is 182 Å². The van der Waals surface area contributed by atoms with Crippen LogP contribution >= 0.6 is 0 Å². The molecule has 0 N–H and O–H groups in total. The summed E-state index contributed by atoms with van der Waals surface area (Å²) in [5.41, 5.74) is 18.0. The highest BCUT2D eigenvalue weighted by molar-refractivity contribution is 6.12. The van der Waals surface area contributed by atoms with E-state index in [-0.39, 0.29) is 0 Å². The first kappa shape index (κ1) is 32.4. The third-order valence-electron chi connectivity index (χ3n) is 10.8. The van der Waals surface area contributed by atoms with E-state index in [4.69, 9.17) is 0 Å². The second-order valence-electron chi connectivity index (χ2n) is 14.2. The number of hydrogen-bond donors (Lipinski definition) is 0. The molecule has 0 saturated heterocycles. The average Bonchev–Trinajstić information content (AvgIpc) is 3.60. The lowest BCUT2D eigenvalue weighted by Crippen LogP contribution is -1.96. The van der Waals surface area contributed by atoms with E-state index in [1.807, 2.05) is 0 Å². The predicted molar refractivity (Wildman–Crippen MR) is 233 cm³/mol. The van der Waals surface area contributed by atoms with E-state index in [2.05, 4.69) is 229 Å². The van der Waals surface area contributed by atoms with E-state index in [1.165, 1.54) is 88.6 Å². The van der Waals surface area contributed by atoms with Gasteiger partial charge in [-0.05, 0) is 109 Å². The van der Waals surface area contributed by atoms with Crippen LogP contribution in [0.4, 0.5) is 0 Å². The van der Waals surface area contributed by atoms with Crippen molar-refractivity contribution >= 4 is 21.8 Å². The fraction of sp³-hybridized carbons (Fsp3) is 0. The summed E-state index contributed by atoms with van der Waals surface area (Å²) >= 11 is 0. The minimum Gasteiger partial charge on any atom is -0.309 e. The van der Waals surface area contributed by atoms with Crippen molar-refractivity contribution in [3.05, 3.63) is 224 Å². The first-order valence-electron chi connectivity index (χ1n) is 18.9. The Balaban J connectivity index is 1.16.